The van der Waals surface area contributed by atoms with Gasteiger partial charge in [-0.05, 0) is 39.5 Å². The maximum atomic E-state index is 12.1. The van der Waals surface area contributed by atoms with Crippen LogP contribution in [0.15, 0.2) is 0 Å². The molecule has 1 saturated carbocycles. The first kappa shape index (κ1) is 16.0. The maximum Gasteiger partial charge on any atom is 0.239 e. The van der Waals surface area contributed by atoms with Gasteiger partial charge in [-0.25, -0.2) is 0 Å². The molecule has 1 aliphatic rings. The Hall–Kier alpha value is -1.10. The highest BCUT2D eigenvalue weighted by atomic mass is 16.2. The SMILES string of the molecule is CC1CCCC(N)C1C(=O)NCC(=O)NC(C)(C)C. The Kier molecular flexibility index (Phi) is 5.35. The smallest absolute Gasteiger partial charge is 0.239 e. The second-order valence-corrected chi connectivity index (χ2v) is 6.61. The number of hydrogen-bond donors (Lipinski definition) is 3. The number of carbonyl (C=O) groups is 2. The third-order valence-electron chi connectivity index (χ3n) is 3.51. The van der Waals surface area contributed by atoms with Gasteiger partial charge in [0.1, 0.15) is 0 Å². The lowest BCUT2D eigenvalue weighted by Crippen LogP contribution is -2.51. The highest BCUT2D eigenvalue weighted by Crippen LogP contribution is 2.28. The van der Waals surface area contributed by atoms with E-state index >= 15 is 0 Å². The van der Waals surface area contributed by atoms with Crippen molar-refractivity contribution >= 4 is 11.8 Å². The largest absolute Gasteiger partial charge is 0.350 e. The molecule has 0 saturated heterocycles. The highest BCUT2D eigenvalue weighted by Gasteiger charge is 2.33. The molecule has 1 aliphatic carbocycles. The van der Waals surface area contributed by atoms with E-state index in [1.54, 1.807) is 0 Å². The van der Waals surface area contributed by atoms with Gasteiger partial charge >= 0.3 is 0 Å². The fourth-order valence-electron chi connectivity index (χ4n) is 2.66. The van der Waals surface area contributed by atoms with Gasteiger partial charge in [-0.3, -0.25) is 9.59 Å². The predicted octanol–water partition coefficient (Wildman–Crippen LogP) is 0.781. The minimum absolute atomic E-state index is 0.0199. The van der Waals surface area contributed by atoms with Gasteiger partial charge in [-0.15, -0.1) is 0 Å². The molecule has 5 nitrogen and oxygen atoms in total. The number of carbonyl (C=O) groups excluding carboxylic acids is 2. The molecule has 0 aromatic rings. The van der Waals surface area contributed by atoms with Crippen LogP contribution in [0.5, 0.6) is 0 Å². The minimum Gasteiger partial charge on any atom is -0.350 e. The van der Waals surface area contributed by atoms with Crippen LogP contribution in [0.4, 0.5) is 0 Å². The van der Waals surface area contributed by atoms with Crippen LogP contribution in [0, 0.1) is 11.8 Å². The van der Waals surface area contributed by atoms with Crippen molar-refractivity contribution in [3.05, 3.63) is 0 Å². The Morgan fingerprint density at radius 2 is 1.89 bits per heavy atom. The van der Waals surface area contributed by atoms with Crippen molar-refractivity contribution in [2.24, 2.45) is 17.6 Å². The molecule has 0 spiro atoms. The van der Waals surface area contributed by atoms with E-state index in [9.17, 15) is 9.59 Å². The molecular weight excluding hydrogens is 242 g/mol. The molecule has 110 valence electrons. The molecule has 0 aromatic carbocycles. The van der Waals surface area contributed by atoms with Crippen LogP contribution in [-0.2, 0) is 9.59 Å². The fraction of sp³-hybridized carbons (Fsp3) is 0.857. The zero-order valence-corrected chi connectivity index (χ0v) is 12.5. The summed E-state index contributed by atoms with van der Waals surface area (Å²) >= 11 is 0. The van der Waals surface area contributed by atoms with Crippen LogP contribution >= 0.6 is 0 Å². The highest BCUT2D eigenvalue weighted by molar-refractivity contribution is 5.86. The van der Waals surface area contributed by atoms with Crippen molar-refractivity contribution in [2.45, 2.75) is 58.5 Å². The van der Waals surface area contributed by atoms with E-state index in [1.807, 2.05) is 20.8 Å². The molecule has 1 fully saturated rings. The number of amides is 2. The molecule has 5 heteroatoms. The summed E-state index contributed by atoms with van der Waals surface area (Å²) in [7, 11) is 0. The van der Waals surface area contributed by atoms with Crippen LogP contribution in [0.1, 0.15) is 47.0 Å². The third-order valence-corrected chi connectivity index (χ3v) is 3.51. The summed E-state index contributed by atoms with van der Waals surface area (Å²) in [6, 6.07) is -0.0885. The Balaban J connectivity index is 2.44. The van der Waals surface area contributed by atoms with E-state index in [1.165, 1.54) is 0 Å². The van der Waals surface area contributed by atoms with Crippen LogP contribution in [0.3, 0.4) is 0 Å². The van der Waals surface area contributed by atoms with Gasteiger partial charge in [0.2, 0.25) is 11.8 Å². The van der Waals surface area contributed by atoms with Crippen LogP contribution in [-0.4, -0.2) is 29.9 Å². The van der Waals surface area contributed by atoms with E-state index in [-0.39, 0.29) is 41.8 Å². The molecule has 0 heterocycles. The summed E-state index contributed by atoms with van der Waals surface area (Å²) in [4.78, 5) is 23.8. The summed E-state index contributed by atoms with van der Waals surface area (Å²) in [5.41, 5.74) is 5.74. The monoisotopic (exact) mass is 269 g/mol. The first-order valence-electron chi connectivity index (χ1n) is 7.05. The quantitative estimate of drug-likeness (QED) is 0.708. The Labute approximate surface area is 115 Å². The van der Waals surface area contributed by atoms with E-state index < -0.39 is 0 Å². The van der Waals surface area contributed by atoms with Crippen molar-refractivity contribution < 1.29 is 9.59 Å². The van der Waals surface area contributed by atoms with E-state index in [0.717, 1.165) is 19.3 Å². The first-order chi connectivity index (χ1) is 8.70. The number of nitrogens with two attached hydrogens (primary N) is 1. The first-order valence-corrected chi connectivity index (χ1v) is 7.05. The van der Waals surface area contributed by atoms with Crippen LogP contribution in [0.2, 0.25) is 0 Å². The zero-order chi connectivity index (χ0) is 14.6. The Morgan fingerprint density at radius 1 is 1.26 bits per heavy atom. The van der Waals surface area contributed by atoms with Gasteiger partial charge in [0, 0.05) is 11.6 Å². The molecule has 3 unspecified atom stereocenters. The summed E-state index contributed by atoms with van der Waals surface area (Å²) < 4.78 is 0. The second-order valence-electron chi connectivity index (χ2n) is 6.61. The zero-order valence-electron chi connectivity index (χ0n) is 12.5. The lowest BCUT2D eigenvalue weighted by Gasteiger charge is -2.33. The van der Waals surface area contributed by atoms with Crippen molar-refractivity contribution in [3.63, 3.8) is 0 Å². The molecule has 0 aromatic heterocycles. The molecule has 0 aliphatic heterocycles. The average molecular weight is 269 g/mol. The molecule has 1 rings (SSSR count). The van der Waals surface area contributed by atoms with Gasteiger partial charge < -0.3 is 16.4 Å². The molecular formula is C14H27N3O2. The normalized spacial score (nSPS) is 27.7. The average Bonchev–Trinajstić information content (AvgIpc) is 2.23. The summed E-state index contributed by atoms with van der Waals surface area (Å²) in [5.74, 6) is -0.146. The maximum absolute atomic E-state index is 12.1. The minimum atomic E-state index is -0.281. The standard InChI is InChI=1S/C14H27N3O2/c1-9-6-5-7-10(15)12(9)13(19)16-8-11(18)17-14(2,3)4/h9-10,12H,5-8,15H2,1-4H3,(H,16,19)(H,17,18). The number of nitrogens with one attached hydrogen (secondary N) is 2. The molecule has 2 amide bonds. The van der Waals surface area contributed by atoms with Gasteiger partial charge in [-0.1, -0.05) is 13.3 Å². The molecule has 0 radical (unpaired) electrons. The number of hydrogen-bond acceptors (Lipinski definition) is 3. The van der Waals surface area contributed by atoms with Crippen molar-refractivity contribution in [3.8, 4) is 0 Å². The Bertz CT molecular complexity index is 326. The lowest BCUT2D eigenvalue weighted by molar-refractivity contribution is -0.131. The molecule has 19 heavy (non-hydrogen) atoms. The van der Waals surface area contributed by atoms with E-state index in [2.05, 4.69) is 17.6 Å². The second kappa shape index (κ2) is 6.37. The van der Waals surface area contributed by atoms with Gasteiger partial charge in [-0.2, -0.15) is 0 Å². The number of rotatable bonds is 3. The topological polar surface area (TPSA) is 84.2 Å². The summed E-state index contributed by atoms with van der Waals surface area (Å²) in [6.45, 7) is 7.80. The third kappa shape index (κ3) is 5.19. The van der Waals surface area contributed by atoms with Gasteiger partial charge in [0.05, 0.1) is 12.5 Å². The van der Waals surface area contributed by atoms with Crippen LogP contribution < -0.4 is 16.4 Å². The van der Waals surface area contributed by atoms with Gasteiger partial charge in [0.25, 0.3) is 0 Å². The van der Waals surface area contributed by atoms with Crippen molar-refractivity contribution in [1.82, 2.24) is 10.6 Å². The Morgan fingerprint density at radius 3 is 2.42 bits per heavy atom. The van der Waals surface area contributed by atoms with E-state index in [4.69, 9.17) is 5.73 Å². The van der Waals surface area contributed by atoms with Crippen molar-refractivity contribution in [1.29, 1.82) is 0 Å². The summed E-state index contributed by atoms with van der Waals surface area (Å²) in [5, 5.41) is 5.52. The molecule has 0 bridgehead atoms. The van der Waals surface area contributed by atoms with Gasteiger partial charge in [0.15, 0.2) is 0 Å². The molecule has 4 N–H and O–H groups in total. The van der Waals surface area contributed by atoms with Crippen LogP contribution in [0.25, 0.3) is 0 Å². The lowest BCUT2D eigenvalue weighted by atomic mass is 9.76. The summed E-state index contributed by atoms with van der Waals surface area (Å²) in [6.07, 6.45) is 2.99. The molecule has 3 atom stereocenters. The predicted molar refractivity (Wildman–Crippen MR) is 75.4 cm³/mol. The fourth-order valence-corrected chi connectivity index (χ4v) is 2.66. The van der Waals surface area contributed by atoms with E-state index in [0.29, 0.717) is 0 Å². The van der Waals surface area contributed by atoms with Crippen molar-refractivity contribution in [2.75, 3.05) is 6.54 Å².